The van der Waals surface area contributed by atoms with Crippen LogP contribution >= 0.6 is 13.5 Å². The van der Waals surface area contributed by atoms with Gasteiger partial charge in [0.2, 0.25) is 0 Å². The minimum Gasteiger partial charge on any atom is -0.480 e. The first-order valence-corrected chi connectivity index (χ1v) is 2.14. The molecular weight excluding hydrogens is 160 g/mol. The van der Waals surface area contributed by atoms with Crippen molar-refractivity contribution < 1.29 is 24.5 Å². The maximum Gasteiger partial charge on any atom is 0.329 e. The number of ether oxygens (including phenoxy) is 1. The fraction of sp³-hybridized carbons (Fsp3) is 0.500. The Morgan fingerprint density at radius 2 is 1.40 bits per heavy atom. The minimum absolute atomic E-state index is 0. The van der Waals surface area contributed by atoms with Gasteiger partial charge in [-0.25, -0.2) is 9.59 Å². The first-order chi connectivity index (χ1) is 4.13. The molecule has 0 amide bonds. The van der Waals surface area contributed by atoms with Crippen LogP contribution in [0.2, 0.25) is 0 Å². The van der Waals surface area contributed by atoms with Crippen LogP contribution in [0.1, 0.15) is 0 Å². The van der Waals surface area contributed by atoms with Crippen LogP contribution in [0.4, 0.5) is 0 Å². The Morgan fingerprint density at radius 1 is 1.10 bits per heavy atom. The Kier molecular flexibility index (Phi) is 7.63. The van der Waals surface area contributed by atoms with Gasteiger partial charge >= 0.3 is 11.9 Å². The highest BCUT2D eigenvalue weighted by atomic mass is 32.1. The standard InChI is InChI=1S/C4H6O5.H2S/c5-3(6)1-9-2-4(7)8;/h1-2H2,(H,5,6)(H,7,8);1H2. The van der Waals surface area contributed by atoms with Gasteiger partial charge in [0.25, 0.3) is 0 Å². The summed E-state index contributed by atoms with van der Waals surface area (Å²) in [6.45, 7) is -1.13. The van der Waals surface area contributed by atoms with E-state index >= 15 is 0 Å². The van der Waals surface area contributed by atoms with Crippen LogP contribution in [0.25, 0.3) is 0 Å². The van der Waals surface area contributed by atoms with E-state index in [2.05, 4.69) is 4.74 Å². The number of rotatable bonds is 4. The summed E-state index contributed by atoms with van der Waals surface area (Å²) in [4.78, 5) is 19.3. The largest absolute Gasteiger partial charge is 0.480 e. The number of carboxylic acid groups (broad SMARTS) is 2. The molecular formula is C4H8O5S. The van der Waals surface area contributed by atoms with Crippen molar-refractivity contribution in [2.45, 2.75) is 0 Å². The van der Waals surface area contributed by atoms with Crippen molar-refractivity contribution in [2.24, 2.45) is 0 Å². The second-order valence-corrected chi connectivity index (χ2v) is 1.28. The molecule has 2 N–H and O–H groups in total. The zero-order valence-corrected chi connectivity index (χ0v) is 6.03. The molecule has 0 aromatic carbocycles. The van der Waals surface area contributed by atoms with Gasteiger partial charge in [-0.05, 0) is 0 Å². The van der Waals surface area contributed by atoms with E-state index in [-0.39, 0.29) is 13.5 Å². The summed E-state index contributed by atoms with van der Waals surface area (Å²) in [5.41, 5.74) is 0. The van der Waals surface area contributed by atoms with Crippen molar-refractivity contribution in [3.05, 3.63) is 0 Å². The number of carboxylic acids is 2. The third-order valence-corrected chi connectivity index (χ3v) is 0.451. The summed E-state index contributed by atoms with van der Waals surface area (Å²) in [5, 5.41) is 15.8. The lowest BCUT2D eigenvalue weighted by atomic mass is 10.7. The molecule has 0 unspecified atom stereocenters. The van der Waals surface area contributed by atoms with Crippen LogP contribution in [-0.2, 0) is 14.3 Å². The summed E-state index contributed by atoms with van der Waals surface area (Å²) in [6, 6.07) is 0. The van der Waals surface area contributed by atoms with Gasteiger partial charge in [-0.1, -0.05) is 0 Å². The predicted molar refractivity (Wildman–Crippen MR) is 36.5 cm³/mol. The van der Waals surface area contributed by atoms with Crippen LogP contribution in [0.3, 0.4) is 0 Å². The van der Waals surface area contributed by atoms with E-state index in [9.17, 15) is 9.59 Å². The van der Waals surface area contributed by atoms with Crippen molar-refractivity contribution in [2.75, 3.05) is 13.2 Å². The fourth-order valence-electron chi connectivity index (χ4n) is 0.226. The van der Waals surface area contributed by atoms with Crippen LogP contribution in [0.15, 0.2) is 0 Å². The molecule has 0 aliphatic rings. The third-order valence-electron chi connectivity index (χ3n) is 0.451. The molecule has 5 nitrogen and oxygen atoms in total. The van der Waals surface area contributed by atoms with Gasteiger partial charge in [0.1, 0.15) is 13.2 Å². The molecule has 0 radical (unpaired) electrons. The molecule has 0 aliphatic carbocycles. The molecule has 0 spiro atoms. The molecule has 0 bridgehead atoms. The lowest BCUT2D eigenvalue weighted by Crippen LogP contribution is -2.13. The molecule has 6 heteroatoms. The lowest BCUT2D eigenvalue weighted by molar-refractivity contribution is -0.148. The summed E-state index contributed by atoms with van der Waals surface area (Å²) in [7, 11) is 0. The Bertz CT molecular complexity index is 109. The van der Waals surface area contributed by atoms with Crippen molar-refractivity contribution in [3.63, 3.8) is 0 Å². The smallest absolute Gasteiger partial charge is 0.329 e. The molecule has 0 fully saturated rings. The highest BCUT2D eigenvalue weighted by Gasteiger charge is 1.98. The first-order valence-electron chi connectivity index (χ1n) is 2.14. The van der Waals surface area contributed by atoms with E-state index in [4.69, 9.17) is 10.2 Å². The van der Waals surface area contributed by atoms with Crippen LogP contribution in [0, 0.1) is 0 Å². The first kappa shape index (κ1) is 12.0. The fourth-order valence-corrected chi connectivity index (χ4v) is 0.226. The van der Waals surface area contributed by atoms with E-state index in [0.717, 1.165) is 0 Å². The summed E-state index contributed by atoms with van der Waals surface area (Å²) < 4.78 is 4.16. The molecule has 0 atom stereocenters. The molecule has 0 saturated carbocycles. The van der Waals surface area contributed by atoms with Gasteiger partial charge in [-0.2, -0.15) is 13.5 Å². The van der Waals surface area contributed by atoms with Crippen LogP contribution in [-0.4, -0.2) is 35.4 Å². The topological polar surface area (TPSA) is 83.8 Å². The van der Waals surface area contributed by atoms with Crippen molar-refractivity contribution >= 4 is 25.4 Å². The number of hydrogen-bond acceptors (Lipinski definition) is 3. The highest BCUT2D eigenvalue weighted by molar-refractivity contribution is 7.59. The SMILES string of the molecule is O=C(O)COCC(=O)O.S. The highest BCUT2D eigenvalue weighted by Crippen LogP contribution is 1.73. The summed E-state index contributed by atoms with van der Waals surface area (Å²) >= 11 is 0. The molecule has 0 aliphatic heterocycles. The van der Waals surface area contributed by atoms with E-state index in [1.807, 2.05) is 0 Å². The average molecular weight is 168 g/mol. The monoisotopic (exact) mass is 168 g/mol. The minimum atomic E-state index is -1.17. The molecule has 0 rings (SSSR count). The third kappa shape index (κ3) is 10.3. The molecule has 60 valence electrons. The summed E-state index contributed by atoms with van der Waals surface area (Å²) in [5.74, 6) is -2.34. The van der Waals surface area contributed by atoms with Crippen molar-refractivity contribution in [1.29, 1.82) is 0 Å². The maximum absolute atomic E-state index is 9.66. The Morgan fingerprint density at radius 3 is 1.60 bits per heavy atom. The average Bonchev–Trinajstić information content (AvgIpc) is 1.63. The van der Waals surface area contributed by atoms with E-state index < -0.39 is 25.2 Å². The van der Waals surface area contributed by atoms with Gasteiger partial charge in [-0.3, -0.25) is 0 Å². The number of carbonyl (C=O) groups is 2. The van der Waals surface area contributed by atoms with E-state index in [0.29, 0.717) is 0 Å². The number of aliphatic carboxylic acids is 2. The van der Waals surface area contributed by atoms with E-state index in [1.54, 1.807) is 0 Å². The summed E-state index contributed by atoms with van der Waals surface area (Å²) in [6.07, 6.45) is 0. The quantitative estimate of drug-likeness (QED) is 0.579. The Hall–Kier alpha value is -0.750. The zero-order chi connectivity index (χ0) is 7.28. The van der Waals surface area contributed by atoms with Gasteiger partial charge < -0.3 is 14.9 Å². The molecule has 0 aromatic rings. The Labute approximate surface area is 64.1 Å². The predicted octanol–water partition coefficient (Wildman–Crippen LogP) is -0.715. The van der Waals surface area contributed by atoms with Gasteiger partial charge in [0.05, 0.1) is 0 Å². The van der Waals surface area contributed by atoms with Crippen molar-refractivity contribution in [1.82, 2.24) is 0 Å². The van der Waals surface area contributed by atoms with Crippen LogP contribution in [0.5, 0.6) is 0 Å². The normalized spacial score (nSPS) is 8.00. The zero-order valence-electron chi connectivity index (χ0n) is 5.03. The van der Waals surface area contributed by atoms with Gasteiger partial charge in [0.15, 0.2) is 0 Å². The molecule has 10 heavy (non-hydrogen) atoms. The second-order valence-electron chi connectivity index (χ2n) is 1.28. The molecule has 0 heterocycles. The van der Waals surface area contributed by atoms with E-state index in [1.165, 1.54) is 0 Å². The lowest BCUT2D eigenvalue weighted by Gasteiger charge is -1.92. The molecule has 0 saturated heterocycles. The van der Waals surface area contributed by atoms with Crippen LogP contribution < -0.4 is 0 Å². The second kappa shape index (κ2) is 6.37. The number of hydrogen-bond donors (Lipinski definition) is 2. The Balaban J connectivity index is 0. The van der Waals surface area contributed by atoms with Gasteiger partial charge in [-0.15, -0.1) is 0 Å². The maximum atomic E-state index is 9.66. The molecule has 0 aromatic heterocycles. The van der Waals surface area contributed by atoms with Crippen molar-refractivity contribution in [3.8, 4) is 0 Å². The van der Waals surface area contributed by atoms with Gasteiger partial charge in [0, 0.05) is 0 Å².